The van der Waals surface area contributed by atoms with Crippen LogP contribution in [0.2, 0.25) is 0 Å². The van der Waals surface area contributed by atoms with Crippen LogP contribution in [0.25, 0.3) is 33.7 Å². The van der Waals surface area contributed by atoms with E-state index in [1.165, 1.54) is 10.1 Å². The van der Waals surface area contributed by atoms with E-state index in [1.807, 2.05) is 30.3 Å². The first-order valence-corrected chi connectivity index (χ1v) is 8.34. The van der Waals surface area contributed by atoms with Gasteiger partial charge in [0.1, 0.15) is 11.3 Å². The summed E-state index contributed by atoms with van der Waals surface area (Å²) in [4.78, 5) is 17.0. The summed E-state index contributed by atoms with van der Waals surface area (Å²) in [5.41, 5.74) is 2.24. The van der Waals surface area contributed by atoms with Crippen molar-refractivity contribution in [3.05, 3.63) is 64.4 Å². The Kier molecular flexibility index (Phi) is 3.80. The first kappa shape index (κ1) is 16.1. The van der Waals surface area contributed by atoms with Crippen LogP contribution in [0, 0.1) is 0 Å². The monoisotopic (exact) mass is 347 g/mol. The normalized spacial score (nSPS) is 11.2. The molecule has 2 heterocycles. The molecule has 4 aromatic rings. The zero-order valence-corrected chi connectivity index (χ0v) is 14.4. The first-order chi connectivity index (χ1) is 12.6. The van der Waals surface area contributed by atoms with Gasteiger partial charge in [0.25, 0.3) is 11.4 Å². The lowest BCUT2D eigenvalue weighted by Crippen LogP contribution is -2.19. The molecule has 26 heavy (non-hydrogen) atoms. The van der Waals surface area contributed by atoms with E-state index in [4.69, 9.17) is 4.52 Å². The maximum absolute atomic E-state index is 12.7. The first-order valence-electron chi connectivity index (χ1n) is 8.34. The maximum Gasteiger partial charge on any atom is 0.267 e. The van der Waals surface area contributed by atoms with Crippen molar-refractivity contribution in [2.75, 3.05) is 0 Å². The van der Waals surface area contributed by atoms with Crippen molar-refractivity contribution in [1.29, 1.82) is 0 Å². The van der Waals surface area contributed by atoms with Gasteiger partial charge in [-0.05, 0) is 24.1 Å². The molecule has 0 saturated carbocycles. The molecule has 1 N–H and O–H groups in total. The fraction of sp³-hybridized carbons (Fsp3) is 0.150. The Morgan fingerprint density at radius 2 is 1.85 bits per heavy atom. The van der Waals surface area contributed by atoms with E-state index in [9.17, 15) is 9.90 Å². The maximum atomic E-state index is 12.7. The predicted octanol–water partition coefficient (Wildman–Crippen LogP) is 3.52. The number of aromatic nitrogens is 3. The van der Waals surface area contributed by atoms with Gasteiger partial charge in [-0.2, -0.15) is 4.98 Å². The van der Waals surface area contributed by atoms with E-state index in [2.05, 4.69) is 17.1 Å². The molecule has 0 bridgehead atoms. The van der Waals surface area contributed by atoms with E-state index in [0.717, 1.165) is 12.0 Å². The molecule has 0 unspecified atom stereocenters. The van der Waals surface area contributed by atoms with Gasteiger partial charge in [0, 0.05) is 18.0 Å². The SMILES string of the molecule is CCc1ccc(-c2noc(-c3c(O)c4ccccc4n(C)c3=O)n2)cc1. The predicted molar refractivity (Wildman–Crippen MR) is 99.0 cm³/mol. The minimum Gasteiger partial charge on any atom is -0.506 e. The number of aryl methyl sites for hydroxylation is 2. The van der Waals surface area contributed by atoms with Crippen molar-refractivity contribution in [3.8, 4) is 28.6 Å². The topological polar surface area (TPSA) is 81.2 Å². The number of hydrogen-bond donors (Lipinski definition) is 1. The number of para-hydroxylation sites is 1. The van der Waals surface area contributed by atoms with Crippen LogP contribution < -0.4 is 5.56 Å². The molecule has 0 spiro atoms. The third-order valence-corrected chi connectivity index (χ3v) is 4.54. The standard InChI is InChI=1S/C20H17N3O3/c1-3-12-8-10-13(11-9-12)18-21-19(26-22-18)16-17(24)14-6-4-5-7-15(14)23(2)20(16)25/h4-11,24H,3H2,1-2H3. The fourth-order valence-electron chi connectivity index (χ4n) is 3.00. The molecule has 0 atom stereocenters. The third-order valence-electron chi connectivity index (χ3n) is 4.54. The second kappa shape index (κ2) is 6.15. The highest BCUT2D eigenvalue weighted by Crippen LogP contribution is 2.32. The molecule has 130 valence electrons. The second-order valence-electron chi connectivity index (χ2n) is 6.08. The van der Waals surface area contributed by atoms with Crippen molar-refractivity contribution in [3.63, 3.8) is 0 Å². The minimum absolute atomic E-state index is 0.00317. The highest BCUT2D eigenvalue weighted by Gasteiger charge is 2.21. The summed E-state index contributed by atoms with van der Waals surface area (Å²) in [6.45, 7) is 2.08. The van der Waals surface area contributed by atoms with Gasteiger partial charge >= 0.3 is 0 Å². The lowest BCUT2D eigenvalue weighted by molar-refractivity contribution is 0.425. The van der Waals surface area contributed by atoms with Gasteiger partial charge < -0.3 is 14.2 Å². The largest absolute Gasteiger partial charge is 0.506 e. The molecule has 0 radical (unpaired) electrons. The number of benzene rings is 2. The highest BCUT2D eigenvalue weighted by atomic mass is 16.5. The van der Waals surface area contributed by atoms with Crippen molar-refractivity contribution < 1.29 is 9.63 Å². The van der Waals surface area contributed by atoms with Gasteiger partial charge in [-0.15, -0.1) is 0 Å². The van der Waals surface area contributed by atoms with Crippen LogP contribution in [-0.2, 0) is 13.5 Å². The van der Waals surface area contributed by atoms with Gasteiger partial charge in [-0.25, -0.2) is 0 Å². The van der Waals surface area contributed by atoms with Crippen LogP contribution in [0.15, 0.2) is 57.8 Å². The number of aromatic hydroxyl groups is 1. The lowest BCUT2D eigenvalue weighted by Gasteiger charge is -2.09. The summed E-state index contributed by atoms with van der Waals surface area (Å²) in [5, 5.41) is 15.1. The van der Waals surface area contributed by atoms with Crippen LogP contribution in [0.4, 0.5) is 0 Å². The van der Waals surface area contributed by atoms with E-state index >= 15 is 0 Å². The molecule has 0 aliphatic heterocycles. The summed E-state index contributed by atoms with van der Waals surface area (Å²) < 4.78 is 6.76. The van der Waals surface area contributed by atoms with Crippen LogP contribution in [-0.4, -0.2) is 19.8 Å². The molecule has 6 heteroatoms. The molecule has 0 amide bonds. The Morgan fingerprint density at radius 1 is 1.12 bits per heavy atom. The number of hydrogen-bond acceptors (Lipinski definition) is 5. The van der Waals surface area contributed by atoms with Crippen LogP contribution >= 0.6 is 0 Å². The quantitative estimate of drug-likeness (QED) is 0.613. The summed E-state index contributed by atoms with van der Waals surface area (Å²) in [6, 6.07) is 14.9. The van der Waals surface area contributed by atoms with E-state index < -0.39 is 5.56 Å². The van der Waals surface area contributed by atoms with E-state index in [0.29, 0.717) is 16.7 Å². The Bertz CT molecular complexity index is 1160. The Balaban J connectivity index is 1.86. The third kappa shape index (κ3) is 2.47. The molecule has 4 rings (SSSR count). The minimum atomic E-state index is -0.391. The Labute approximate surface area is 149 Å². The summed E-state index contributed by atoms with van der Waals surface area (Å²) >= 11 is 0. The molecule has 0 aliphatic rings. The van der Waals surface area contributed by atoms with Crippen molar-refractivity contribution >= 4 is 10.9 Å². The molecule has 0 saturated heterocycles. The zero-order chi connectivity index (χ0) is 18.3. The molecule has 2 aromatic carbocycles. The fourth-order valence-corrected chi connectivity index (χ4v) is 3.00. The van der Waals surface area contributed by atoms with E-state index in [1.54, 1.807) is 25.2 Å². The average molecular weight is 347 g/mol. The van der Waals surface area contributed by atoms with Gasteiger partial charge in [0.05, 0.1) is 5.52 Å². The molecular weight excluding hydrogens is 330 g/mol. The van der Waals surface area contributed by atoms with Gasteiger partial charge in [-0.3, -0.25) is 4.79 Å². The lowest BCUT2D eigenvalue weighted by atomic mass is 10.1. The average Bonchev–Trinajstić information content (AvgIpc) is 3.16. The van der Waals surface area contributed by atoms with Gasteiger partial charge in [0.15, 0.2) is 0 Å². The summed E-state index contributed by atoms with van der Waals surface area (Å²) in [5.74, 6) is 0.223. The van der Waals surface area contributed by atoms with E-state index in [-0.39, 0.29) is 17.2 Å². The van der Waals surface area contributed by atoms with Crippen molar-refractivity contribution in [2.45, 2.75) is 13.3 Å². The number of pyridine rings is 1. The molecular formula is C20H17N3O3. The van der Waals surface area contributed by atoms with Crippen molar-refractivity contribution in [1.82, 2.24) is 14.7 Å². The number of fused-ring (bicyclic) bond motifs is 1. The highest BCUT2D eigenvalue weighted by molar-refractivity contribution is 5.90. The Morgan fingerprint density at radius 3 is 2.58 bits per heavy atom. The molecule has 0 aliphatic carbocycles. The van der Waals surface area contributed by atoms with Crippen LogP contribution in [0.1, 0.15) is 12.5 Å². The second-order valence-corrected chi connectivity index (χ2v) is 6.08. The Hall–Kier alpha value is -3.41. The zero-order valence-electron chi connectivity index (χ0n) is 14.4. The summed E-state index contributed by atoms with van der Waals surface area (Å²) in [7, 11) is 1.65. The molecule has 2 aromatic heterocycles. The number of rotatable bonds is 3. The molecule has 6 nitrogen and oxygen atoms in total. The van der Waals surface area contributed by atoms with Crippen molar-refractivity contribution in [2.24, 2.45) is 7.05 Å². The summed E-state index contributed by atoms with van der Waals surface area (Å²) in [6.07, 6.45) is 0.943. The van der Waals surface area contributed by atoms with Gasteiger partial charge in [0.2, 0.25) is 5.82 Å². The van der Waals surface area contributed by atoms with Gasteiger partial charge in [-0.1, -0.05) is 48.5 Å². The molecule has 0 fully saturated rings. The van der Waals surface area contributed by atoms with Crippen LogP contribution in [0.5, 0.6) is 5.75 Å². The number of nitrogens with zero attached hydrogens (tertiary/aromatic N) is 3. The smallest absolute Gasteiger partial charge is 0.267 e. The van der Waals surface area contributed by atoms with Crippen LogP contribution in [0.3, 0.4) is 0 Å².